The Balaban J connectivity index is 2.17. The molecule has 16 heavy (non-hydrogen) atoms. The molecule has 6 nitrogen and oxygen atoms in total. The Bertz CT molecular complexity index is 329. The van der Waals surface area contributed by atoms with E-state index in [1.54, 1.807) is 0 Å². The summed E-state index contributed by atoms with van der Waals surface area (Å²) in [6, 6.07) is 0.291. The van der Waals surface area contributed by atoms with Crippen LogP contribution < -0.4 is 10.6 Å². The molecule has 1 aromatic heterocycles. The van der Waals surface area contributed by atoms with E-state index in [2.05, 4.69) is 20.8 Å². The van der Waals surface area contributed by atoms with Crippen molar-refractivity contribution >= 4 is 23.5 Å². The number of rotatable bonds is 7. The number of hydrogen-bond donors (Lipinski definition) is 2. The zero-order valence-corrected chi connectivity index (χ0v) is 9.88. The Morgan fingerprint density at radius 2 is 2.25 bits per heavy atom. The average Bonchev–Trinajstić information content (AvgIpc) is 2.74. The molecule has 0 aliphatic carbocycles. The molecule has 90 valence electrons. The molecular weight excluding hydrogens is 232 g/mol. The first kappa shape index (κ1) is 12.8. The van der Waals surface area contributed by atoms with Gasteiger partial charge in [0.25, 0.3) is 0 Å². The number of carbonyl (C=O) groups excluding carboxylic acids is 1. The molecule has 0 atom stereocenters. The highest BCUT2D eigenvalue weighted by Gasteiger charge is 2.05. The van der Waals surface area contributed by atoms with Crippen LogP contribution in [0.3, 0.4) is 0 Å². The van der Waals surface area contributed by atoms with Gasteiger partial charge in [-0.25, -0.2) is 0 Å². The number of alkyl halides is 1. The summed E-state index contributed by atoms with van der Waals surface area (Å²) in [5, 5.41) is 13.0. The molecular formula is C9H15ClN4O2. The quantitative estimate of drug-likeness (QED) is 0.705. The molecule has 0 fully saturated rings. The summed E-state index contributed by atoms with van der Waals surface area (Å²) in [6.45, 7) is 3.17. The van der Waals surface area contributed by atoms with Gasteiger partial charge >= 0.3 is 6.01 Å². The molecule has 2 N–H and O–H groups in total. The molecule has 1 amide bonds. The average molecular weight is 247 g/mol. The number of hydrogen-bond acceptors (Lipinski definition) is 5. The second-order valence-electron chi connectivity index (χ2n) is 3.16. The molecule has 0 saturated heterocycles. The summed E-state index contributed by atoms with van der Waals surface area (Å²) in [5.41, 5.74) is 0. The molecule has 1 rings (SSSR count). The maximum absolute atomic E-state index is 11.2. The number of aromatic nitrogens is 2. The number of halogens is 1. The van der Waals surface area contributed by atoms with Crippen LogP contribution >= 0.6 is 11.6 Å². The molecule has 0 aliphatic heterocycles. The fourth-order valence-corrected chi connectivity index (χ4v) is 1.12. The van der Waals surface area contributed by atoms with Gasteiger partial charge in [0.1, 0.15) is 5.88 Å². The maximum atomic E-state index is 11.2. The SMILES string of the molecule is CCCNC(=O)CCNc1nnc(CCl)o1. The fourth-order valence-electron chi connectivity index (χ4n) is 1.01. The Morgan fingerprint density at radius 3 is 2.88 bits per heavy atom. The standard InChI is InChI=1S/C9H15ClN4O2/c1-2-4-11-7(15)3-5-12-9-14-13-8(6-10)16-9/h2-6H2,1H3,(H,11,15)(H,12,14). The second-order valence-corrected chi connectivity index (χ2v) is 3.43. The predicted molar refractivity (Wildman–Crippen MR) is 60.3 cm³/mol. The molecule has 7 heteroatoms. The lowest BCUT2D eigenvalue weighted by Gasteiger charge is -2.02. The lowest BCUT2D eigenvalue weighted by atomic mass is 10.4. The van der Waals surface area contributed by atoms with Gasteiger partial charge < -0.3 is 15.1 Å². The summed E-state index contributed by atoms with van der Waals surface area (Å²) in [6.07, 6.45) is 1.31. The lowest BCUT2D eigenvalue weighted by molar-refractivity contribution is -0.120. The van der Waals surface area contributed by atoms with Crippen molar-refractivity contribution < 1.29 is 9.21 Å². The van der Waals surface area contributed by atoms with E-state index in [0.29, 0.717) is 31.4 Å². The van der Waals surface area contributed by atoms with E-state index in [4.69, 9.17) is 16.0 Å². The van der Waals surface area contributed by atoms with Crippen molar-refractivity contribution in [1.29, 1.82) is 0 Å². The second kappa shape index (κ2) is 7.05. The van der Waals surface area contributed by atoms with Gasteiger partial charge in [0.2, 0.25) is 11.8 Å². The maximum Gasteiger partial charge on any atom is 0.315 e. The van der Waals surface area contributed by atoms with Crippen molar-refractivity contribution in [2.45, 2.75) is 25.6 Å². The molecule has 0 radical (unpaired) electrons. The van der Waals surface area contributed by atoms with E-state index in [1.165, 1.54) is 0 Å². The molecule has 1 heterocycles. The summed E-state index contributed by atoms with van der Waals surface area (Å²) in [7, 11) is 0. The topological polar surface area (TPSA) is 80.0 Å². The third kappa shape index (κ3) is 4.48. The van der Waals surface area contributed by atoms with Crippen LogP contribution in [0, 0.1) is 0 Å². The van der Waals surface area contributed by atoms with Gasteiger partial charge in [-0.05, 0) is 6.42 Å². The first-order valence-corrected chi connectivity index (χ1v) is 5.68. The van der Waals surface area contributed by atoms with Crippen molar-refractivity contribution in [2.24, 2.45) is 0 Å². The van der Waals surface area contributed by atoms with E-state index < -0.39 is 0 Å². The van der Waals surface area contributed by atoms with E-state index in [9.17, 15) is 4.79 Å². The number of nitrogens with one attached hydrogen (secondary N) is 2. The molecule has 0 spiro atoms. The van der Waals surface area contributed by atoms with Crippen molar-refractivity contribution in [2.75, 3.05) is 18.4 Å². The third-order valence-corrected chi connectivity index (χ3v) is 2.01. The summed E-state index contributed by atoms with van der Waals surface area (Å²) < 4.78 is 5.10. The van der Waals surface area contributed by atoms with Crippen LogP contribution in [0.1, 0.15) is 25.7 Å². The highest BCUT2D eigenvalue weighted by Crippen LogP contribution is 2.06. The van der Waals surface area contributed by atoms with Crippen LogP contribution in [0.4, 0.5) is 6.01 Å². The number of carbonyl (C=O) groups is 1. The summed E-state index contributed by atoms with van der Waals surface area (Å²) in [5.74, 6) is 0.553. The van der Waals surface area contributed by atoms with E-state index in [1.807, 2.05) is 6.92 Å². The van der Waals surface area contributed by atoms with Crippen LogP contribution in [0.2, 0.25) is 0 Å². The van der Waals surface area contributed by atoms with Gasteiger partial charge in [0.05, 0.1) is 0 Å². The number of amides is 1. The molecule has 1 aromatic rings. The van der Waals surface area contributed by atoms with Crippen LogP contribution in [0.5, 0.6) is 0 Å². The summed E-state index contributed by atoms with van der Waals surface area (Å²) >= 11 is 5.49. The molecule has 0 saturated carbocycles. The van der Waals surface area contributed by atoms with E-state index >= 15 is 0 Å². The first-order valence-electron chi connectivity index (χ1n) is 5.15. The van der Waals surface area contributed by atoms with Crippen molar-refractivity contribution in [3.05, 3.63) is 5.89 Å². The zero-order valence-electron chi connectivity index (χ0n) is 9.12. The van der Waals surface area contributed by atoms with Gasteiger partial charge in [0.15, 0.2) is 0 Å². The largest absolute Gasteiger partial charge is 0.407 e. The van der Waals surface area contributed by atoms with Crippen LogP contribution in [-0.4, -0.2) is 29.2 Å². The predicted octanol–water partition coefficient (Wildman–Crippen LogP) is 1.14. The minimum absolute atomic E-state index is 0.00596. The summed E-state index contributed by atoms with van der Waals surface area (Å²) in [4.78, 5) is 11.2. The Hall–Kier alpha value is -1.30. The monoisotopic (exact) mass is 246 g/mol. The smallest absolute Gasteiger partial charge is 0.315 e. The minimum Gasteiger partial charge on any atom is -0.407 e. The first-order chi connectivity index (χ1) is 7.76. The van der Waals surface area contributed by atoms with Gasteiger partial charge in [-0.3, -0.25) is 4.79 Å². The molecule has 0 unspecified atom stereocenters. The highest BCUT2D eigenvalue weighted by atomic mass is 35.5. The van der Waals surface area contributed by atoms with Crippen LogP contribution in [0.25, 0.3) is 0 Å². The Labute approximate surface area is 98.8 Å². The van der Waals surface area contributed by atoms with Crippen molar-refractivity contribution in [3.63, 3.8) is 0 Å². The van der Waals surface area contributed by atoms with E-state index in [-0.39, 0.29) is 11.8 Å². The van der Waals surface area contributed by atoms with Crippen molar-refractivity contribution in [3.8, 4) is 0 Å². The van der Waals surface area contributed by atoms with Gasteiger partial charge in [-0.1, -0.05) is 12.0 Å². The number of anilines is 1. The normalized spacial score (nSPS) is 10.1. The van der Waals surface area contributed by atoms with Gasteiger partial charge in [-0.2, -0.15) is 0 Å². The van der Waals surface area contributed by atoms with E-state index in [0.717, 1.165) is 6.42 Å². The van der Waals surface area contributed by atoms with Crippen LogP contribution in [0.15, 0.2) is 4.42 Å². The zero-order chi connectivity index (χ0) is 11.8. The Morgan fingerprint density at radius 1 is 1.44 bits per heavy atom. The fraction of sp³-hybridized carbons (Fsp3) is 0.667. The highest BCUT2D eigenvalue weighted by molar-refractivity contribution is 6.16. The Kier molecular flexibility index (Phi) is 5.63. The van der Waals surface area contributed by atoms with Crippen molar-refractivity contribution in [1.82, 2.24) is 15.5 Å². The minimum atomic E-state index is 0.00596. The lowest BCUT2D eigenvalue weighted by Crippen LogP contribution is -2.25. The van der Waals surface area contributed by atoms with Crippen LogP contribution in [-0.2, 0) is 10.7 Å². The number of nitrogens with zero attached hydrogens (tertiary/aromatic N) is 2. The van der Waals surface area contributed by atoms with Gasteiger partial charge in [0, 0.05) is 19.5 Å². The van der Waals surface area contributed by atoms with Gasteiger partial charge in [-0.15, -0.1) is 16.7 Å². The molecule has 0 aliphatic rings. The molecule has 0 bridgehead atoms. The third-order valence-electron chi connectivity index (χ3n) is 1.78. The molecule has 0 aromatic carbocycles.